The lowest BCUT2D eigenvalue weighted by atomic mass is 10.1. The number of carboxylic acid groups (broad SMARTS) is 1. The quantitative estimate of drug-likeness (QED) is 0.711. The van der Waals surface area contributed by atoms with Crippen LogP contribution in [0.2, 0.25) is 0 Å². The lowest BCUT2D eigenvalue weighted by Crippen LogP contribution is -2.12. The molecule has 3 N–H and O–H groups in total. The van der Waals surface area contributed by atoms with Crippen LogP contribution in [0.1, 0.15) is 20.7 Å². The van der Waals surface area contributed by atoms with Crippen LogP contribution in [0, 0.1) is 0 Å². The maximum Gasteiger partial charge on any atom is 0.335 e. The summed E-state index contributed by atoms with van der Waals surface area (Å²) >= 11 is 6.39. The van der Waals surface area contributed by atoms with Gasteiger partial charge in [0.1, 0.15) is 5.75 Å². The molecule has 0 aliphatic rings. The molecule has 2 aromatic carbocycles. The van der Waals surface area contributed by atoms with E-state index >= 15 is 0 Å². The highest BCUT2D eigenvalue weighted by atomic mass is 79.9. The van der Waals surface area contributed by atoms with Crippen molar-refractivity contribution in [3.05, 3.63) is 56.5 Å². The second kappa shape index (κ2) is 6.28. The van der Waals surface area contributed by atoms with Crippen molar-refractivity contribution in [2.24, 2.45) is 0 Å². The number of phenolic OH excluding ortho intramolecular Hbond substituents is 1. The van der Waals surface area contributed by atoms with E-state index in [0.717, 1.165) is 0 Å². The van der Waals surface area contributed by atoms with Crippen molar-refractivity contribution in [1.29, 1.82) is 0 Å². The number of nitrogens with one attached hydrogen (secondary N) is 1. The van der Waals surface area contributed by atoms with Gasteiger partial charge in [-0.1, -0.05) is 15.9 Å². The minimum Gasteiger partial charge on any atom is -0.507 e. The lowest BCUT2D eigenvalue weighted by molar-refractivity contribution is 0.0696. The Morgan fingerprint density at radius 3 is 2.33 bits per heavy atom. The van der Waals surface area contributed by atoms with E-state index < -0.39 is 11.9 Å². The molecule has 0 aliphatic heterocycles. The van der Waals surface area contributed by atoms with Gasteiger partial charge < -0.3 is 15.5 Å². The van der Waals surface area contributed by atoms with Gasteiger partial charge in [-0.15, -0.1) is 0 Å². The van der Waals surface area contributed by atoms with E-state index in [-0.39, 0.29) is 16.9 Å². The van der Waals surface area contributed by atoms with Crippen LogP contribution in [0.25, 0.3) is 0 Å². The molecular weight excluding hydrogens is 406 g/mol. The molecule has 0 heterocycles. The number of carbonyl (C=O) groups excluding carboxylic acids is 1. The van der Waals surface area contributed by atoms with Crippen LogP contribution >= 0.6 is 31.9 Å². The molecule has 108 valence electrons. The first-order valence-electron chi connectivity index (χ1n) is 5.71. The summed E-state index contributed by atoms with van der Waals surface area (Å²) in [7, 11) is 0. The number of carboxylic acids is 1. The predicted molar refractivity (Wildman–Crippen MR) is 84.9 cm³/mol. The van der Waals surface area contributed by atoms with Crippen LogP contribution in [0.4, 0.5) is 5.69 Å². The molecule has 0 atom stereocenters. The summed E-state index contributed by atoms with van der Waals surface area (Å²) < 4.78 is 1.09. The standard InChI is InChI=1S/C14H9Br2NO4/c15-8-2-3-9(12(18)6-8)13(19)17-11-4-1-7(14(20)21)5-10(11)16/h1-6,18H,(H,17,19)(H,20,21). The van der Waals surface area contributed by atoms with E-state index in [1.807, 2.05) is 0 Å². The average Bonchev–Trinajstić information content (AvgIpc) is 2.40. The number of rotatable bonds is 3. The molecule has 0 unspecified atom stereocenters. The Bertz CT molecular complexity index is 731. The van der Waals surface area contributed by atoms with Gasteiger partial charge >= 0.3 is 5.97 Å². The summed E-state index contributed by atoms with van der Waals surface area (Å²) in [5.74, 6) is -1.71. The van der Waals surface area contributed by atoms with Crippen LogP contribution in [-0.4, -0.2) is 22.1 Å². The highest BCUT2D eigenvalue weighted by Gasteiger charge is 2.14. The Kier molecular flexibility index (Phi) is 4.64. The van der Waals surface area contributed by atoms with Gasteiger partial charge in [-0.05, 0) is 52.3 Å². The van der Waals surface area contributed by atoms with Gasteiger partial charge in [0.15, 0.2) is 0 Å². The first kappa shape index (κ1) is 15.5. The molecule has 0 aromatic heterocycles. The Morgan fingerprint density at radius 1 is 1.05 bits per heavy atom. The molecule has 0 radical (unpaired) electrons. The first-order chi connectivity index (χ1) is 9.88. The molecule has 0 saturated carbocycles. The van der Waals surface area contributed by atoms with Gasteiger partial charge in [0.05, 0.1) is 16.8 Å². The van der Waals surface area contributed by atoms with Crippen molar-refractivity contribution in [3.63, 3.8) is 0 Å². The number of hydrogen-bond acceptors (Lipinski definition) is 3. The summed E-state index contributed by atoms with van der Waals surface area (Å²) in [6.07, 6.45) is 0. The van der Waals surface area contributed by atoms with E-state index in [4.69, 9.17) is 5.11 Å². The van der Waals surface area contributed by atoms with Gasteiger partial charge in [-0.2, -0.15) is 0 Å². The molecular formula is C14H9Br2NO4. The second-order valence-corrected chi connectivity index (χ2v) is 5.89. The zero-order chi connectivity index (χ0) is 15.6. The zero-order valence-corrected chi connectivity index (χ0v) is 13.6. The highest BCUT2D eigenvalue weighted by molar-refractivity contribution is 9.10. The van der Waals surface area contributed by atoms with Crippen LogP contribution in [-0.2, 0) is 0 Å². The number of hydrogen-bond donors (Lipinski definition) is 3. The predicted octanol–water partition coefficient (Wildman–Crippen LogP) is 3.87. The van der Waals surface area contributed by atoms with E-state index in [9.17, 15) is 14.7 Å². The number of phenols is 1. The SMILES string of the molecule is O=C(O)c1ccc(NC(=O)c2ccc(Br)cc2O)c(Br)c1. The molecule has 2 aromatic rings. The molecule has 1 amide bonds. The fourth-order valence-electron chi connectivity index (χ4n) is 1.64. The van der Waals surface area contributed by atoms with Gasteiger partial charge in [-0.25, -0.2) is 4.79 Å². The van der Waals surface area contributed by atoms with Crippen molar-refractivity contribution >= 4 is 49.4 Å². The van der Waals surface area contributed by atoms with Crippen molar-refractivity contribution in [1.82, 2.24) is 0 Å². The fourth-order valence-corrected chi connectivity index (χ4v) is 2.46. The molecule has 21 heavy (non-hydrogen) atoms. The lowest BCUT2D eigenvalue weighted by Gasteiger charge is -2.09. The molecule has 0 fully saturated rings. The van der Waals surface area contributed by atoms with Crippen LogP contribution in [0.5, 0.6) is 5.75 Å². The Labute approximate surface area is 136 Å². The summed E-state index contributed by atoms with van der Waals surface area (Å²) in [5.41, 5.74) is 0.631. The largest absolute Gasteiger partial charge is 0.507 e. The smallest absolute Gasteiger partial charge is 0.335 e. The second-order valence-electron chi connectivity index (χ2n) is 4.12. The van der Waals surface area contributed by atoms with Gasteiger partial charge in [0.2, 0.25) is 0 Å². The number of aromatic carboxylic acids is 1. The maximum absolute atomic E-state index is 12.1. The average molecular weight is 415 g/mol. The van der Waals surface area contributed by atoms with Crippen molar-refractivity contribution < 1.29 is 19.8 Å². The van der Waals surface area contributed by atoms with Crippen molar-refractivity contribution in [2.75, 3.05) is 5.32 Å². The number of anilines is 1. The van der Waals surface area contributed by atoms with E-state index in [0.29, 0.717) is 14.6 Å². The molecule has 5 nitrogen and oxygen atoms in total. The minimum atomic E-state index is -1.06. The molecule has 2 rings (SSSR count). The summed E-state index contributed by atoms with van der Waals surface area (Å²) in [4.78, 5) is 22.9. The summed E-state index contributed by atoms with van der Waals surface area (Å²) in [5, 5.41) is 21.2. The molecule has 7 heteroatoms. The zero-order valence-electron chi connectivity index (χ0n) is 10.4. The number of amides is 1. The Balaban J connectivity index is 2.25. The van der Waals surface area contributed by atoms with Crippen LogP contribution < -0.4 is 5.32 Å². The van der Waals surface area contributed by atoms with Gasteiger partial charge in [0, 0.05) is 8.95 Å². The van der Waals surface area contributed by atoms with E-state index in [2.05, 4.69) is 37.2 Å². The summed E-state index contributed by atoms with van der Waals surface area (Å²) in [6.45, 7) is 0. The van der Waals surface area contributed by atoms with Crippen molar-refractivity contribution in [3.8, 4) is 5.75 Å². The fraction of sp³-hybridized carbons (Fsp3) is 0. The molecule has 0 saturated heterocycles. The summed E-state index contributed by atoms with van der Waals surface area (Å²) in [6, 6.07) is 8.77. The topological polar surface area (TPSA) is 86.6 Å². The number of halogens is 2. The van der Waals surface area contributed by atoms with Gasteiger partial charge in [-0.3, -0.25) is 4.79 Å². The number of aromatic hydroxyl groups is 1. The maximum atomic E-state index is 12.1. The van der Waals surface area contributed by atoms with E-state index in [1.165, 1.54) is 30.3 Å². The molecule has 0 bridgehead atoms. The highest BCUT2D eigenvalue weighted by Crippen LogP contribution is 2.27. The normalized spacial score (nSPS) is 10.2. The third-order valence-electron chi connectivity index (χ3n) is 2.67. The Hall–Kier alpha value is -1.86. The monoisotopic (exact) mass is 413 g/mol. The third-order valence-corrected chi connectivity index (χ3v) is 3.82. The van der Waals surface area contributed by atoms with Crippen LogP contribution in [0.15, 0.2) is 45.3 Å². The van der Waals surface area contributed by atoms with E-state index in [1.54, 1.807) is 6.07 Å². The van der Waals surface area contributed by atoms with Crippen LogP contribution in [0.3, 0.4) is 0 Å². The minimum absolute atomic E-state index is 0.103. The third kappa shape index (κ3) is 3.62. The van der Waals surface area contributed by atoms with Crippen molar-refractivity contribution in [2.45, 2.75) is 0 Å². The first-order valence-corrected chi connectivity index (χ1v) is 7.30. The van der Waals surface area contributed by atoms with Gasteiger partial charge in [0.25, 0.3) is 5.91 Å². The number of benzene rings is 2. The molecule has 0 aliphatic carbocycles. The Morgan fingerprint density at radius 2 is 1.76 bits per heavy atom. The number of carbonyl (C=O) groups is 2. The molecule has 0 spiro atoms.